The largest absolute Gasteiger partial charge is 0.396 e. The van der Waals surface area contributed by atoms with Crippen molar-refractivity contribution in [2.45, 2.75) is 17.9 Å². The maximum Gasteiger partial charge on any atom is 0.265 e. The van der Waals surface area contributed by atoms with Gasteiger partial charge in [-0.2, -0.15) is 0 Å². The molecule has 0 aliphatic rings. The van der Waals surface area contributed by atoms with Crippen LogP contribution < -0.4 is 11.1 Å². The molecule has 1 heterocycles. The molecule has 21 heavy (non-hydrogen) atoms. The highest BCUT2D eigenvalue weighted by Gasteiger charge is 2.28. The van der Waals surface area contributed by atoms with Crippen LogP contribution in [0.25, 0.3) is 0 Å². The highest BCUT2D eigenvalue weighted by Crippen LogP contribution is 2.39. The lowest BCUT2D eigenvalue weighted by molar-refractivity contribution is 0.0833. The third-order valence-corrected chi connectivity index (χ3v) is 5.08. The van der Waals surface area contributed by atoms with Crippen molar-refractivity contribution >= 4 is 37.8 Å². The van der Waals surface area contributed by atoms with Crippen molar-refractivity contribution in [3.05, 3.63) is 4.88 Å². The van der Waals surface area contributed by atoms with Crippen LogP contribution in [0.3, 0.4) is 0 Å². The molecule has 1 amide bonds. The molecule has 0 saturated heterocycles. The zero-order chi connectivity index (χ0) is 16.4. The van der Waals surface area contributed by atoms with Crippen LogP contribution in [-0.2, 0) is 14.6 Å². The molecule has 7 nitrogen and oxygen atoms in total. The van der Waals surface area contributed by atoms with Gasteiger partial charge in [0.1, 0.15) is 14.8 Å². The van der Waals surface area contributed by atoms with Crippen molar-refractivity contribution in [2.24, 2.45) is 0 Å². The summed E-state index contributed by atoms with van der Waals surface area (Å²) in [6, 6.07) is -0.115. The Kier molecular flexibility index (Phi) is 5.60. The molecule has 1 atom stereocenters. The van der Waals surface area contributed by atoms with Crippen molar-refractivity contribution in [1.29, 1.82) is 0 Å². The first kappa shape index (κ1) is 17.7. The Morgan fingerprint density at radius 2 is 2.05 bits per heavy atom. The summed E-state index contributed by atoms with van der Waals surface area (Å²) in [6.45, 7) is 2.25. The summed E-state index contributed by atoms with van der Waals surface area (Å²) in [5.41, 5.74) is 5.88. The lowest BCUT2D eigenvalue weighted by Gasteiger charge is -2.13. The zero-order valence-corrected chi connectivity index (χ0v) is 14.4. The molecular weight excluding hydrogens is 314 g/mol. The van der Waals surface area contributed by atoms with Gasteiger partial charge in [0.05, 0.1) is 12.3 Å². The monoisotopic (exact) mass is 335 g/mol. The molecule has 0 radical (unpaired) electrons. The van der Waals surface area contributed by atoms with Crippen LogP contribution in [0.5, 0.6) is 0 Å². The van der Waals surface area contributed by atoms with Crippen LogP contribution in [0.4, 0.5) is 10.7 Å². The molecule has 0 saturated carbocycles. The number of carbonyl (C=O) groups excluding carboxylic acids is 1. The molecule has 1 aromatic rings. The molecule has 1 aromatic heterocycles. The Morgan fingerprint density at radius 3 is 2.48 bits per heavy atom. The summed E-state index contributed by atoms with van der Waals surface area (Å²) in [7, 11) is 1.17. The van der Waals surface area contributed by atoms with E-state index < -0.39 is 9.84 Å². The van der Waals surface area contributed by atoms with E-state index in [4.69, 9.17) is 10.5 Å². The van der Waals surface area contributed by atoms with E-state index in [0.717, 1.165) is 17.6 Å². The predicted molar refractivity (Wildman–Crippen MR) is 84.8 cm³/mol. The fraction of sp³-hybridized carbons (Fsp3) is 0.583. The van der Waals surface area contributed by atoms with Gasteiger partial charge in [-0.15, -0.1) is 11.3 Å². The summed E-state index contributed by atoms with van der Waals surface area (Å²) in [5, 5.41) is 3.40. The van der Waals surface area contributed by atoms with E-state index in [1.165, 1.54) is 4.90 Å². The van der Waals surface area contributed by atoms with Gasteiger partial charge in [0, 0.05) is 33.5 Å². The van der Waals surface area contributed by atoms with Crippen LogP contribution in [0.1, 0.15) is 16.6 Å². The van der Waals surface area contributed by atoms with E-state index in [0.29, 0.717) is 11.6 Å². The third-order valence-electron chi connectivity index (χ3n) is 2.66. The first-order valence-corrected chi connectivity index (χ1v) is 8.89. The minimum absolute atomic E-state index is 0.00619. The van der Waals surface area contributed by atoms with E-state index in [1.54, 1.807) is 21.2 Å². The molecule has 0 aliphatic carbocycles. The minimum atomic E-state index is -3.55. The molecule has 0 fully saturated rings. The second-order valence-corrected chi connectivity index (χ2v) is 7.95. The number of rotatable bonds is 6. The van der Waals surface area contributed by atoms with E-state index >= 15 is 0 Å². The van der Waals surface area contributed by atoms with E-state index in [-0.39, 0.29) is 27.4 Å². The molecular formula is C12H21N3O4S2. The summed E-state index contributed by atoms with van der Waals surface area (Å²) < 4.78 is 28.9. The number of nitrogens with two attached hydrogens (primary N) is 1. The lowest BCUT2D eigenvalue weighted by Crippen LogP contribution is -2.21. The van der Waals surface area contributed by atoms with E-state index in [9.17, 15) is 13.2 Å². The van der Waals surface area contributed by atoms with Gasteiger partial charge in [-0.05, 0) is 6.92 Å². The highest BCUT2D eigenvalue weighted by molar-refractivity contribution is 7.91. The number of nitrogen functional groups attached to an aromatic ring is 1. The number of thiophene rings is 1. The number of methoxy groups -OCH3 is 1. The summed E-state index contributed by atoms with van der Waals surface area (Å²) in [6.07, 6.45) is 1.07. The Balaban J connectivity index is 3.35. The number of nitrogens with zero attached hydrogens (tertiary/aromatic N) is 1. The van der Waals surface area contributed by atoms with E-state index in [2.05, 4.69) is 5.32 Å². The average Bonchev–Trinajstić information content (AvgIpc) is 2.64. The molecule has 0 spiro atoms. The van der Waals surface area contributed by atoms with Gasteiger partial charge in [0.25, 0.3) is 5.91 Å². The normalized spacial score (nSPS) is 13.0. The van der Waals surface area contributed by atoms with Crippen LogP contribution in [0, 0.1) is 0 Å². The molecule has 120 valence electrons. The SMILES string of the molecule is COCC(C)Nc1sc(C(=O)N(C)C)c(N)c1S(C)(=O)=O. The predicted octanol–water partition coefficient (Wildman–Crippen LogP) is 0.882. The Bertz CT molecular complexity index is 623. The summed E-state index contributed by atoms with van der Waals surface area (Å²) in [5.74, 6) is -0.324. The summed E-state index contributed by atoms with van der Waals surface area (Å²) in [4.78, 5) is 13.6. The fourth-order valence-corrected chi connectivity index (χ4v) is 4.46. The highest BCUT2D eigenvalue weighted by atomic mass is 32.2. The van der Waals surface area contributed by atoms with Crippen molar-refractivity contribution in [2.75, 3.05) is 45.1 Å². The maximum atomic E-state index is 12.1. The van der Waals surface area contributed by atoms with Gasteiger partial charge < -0.3 is 20.7 Å². The van der Waals surface area contributed by atoms with Gasteiger partial charge in [0.15, 0.2) is 9.84 Å². The number of amides is 1. The quantitative estimate of drug-likeness (QED) is 0.800. The Morgan fingerprint density at radius 1 is 1.48 bits per heavy atom. The number of carbonyl (C=O) groups is 1. The smallest absolute Gasteiger partial charge is 0.265 e. The first-order chi connectivity index (χ1) is 9.59. The van der Waals surface area contributed by atoms with Crippen molar-refractivity contribution in [3.63, 3.8) is 0 Å². The van der Waals surface area contributed by atoms with Gasteiger partial charge in [-0.3, -0.25) is 4.79 Å². The van der Waals surface area contributed by atoms with Crippen molar-refractivity contribution < 1.29 is 17.9 Å². The Hall–Kier alpha value is -1.32. The van der Waals surface area contributed by atoms with Gasteiger partial charge in [0.2, 0.25) is 0 Å². The van der Waals surface area contributed by atoms with Gasteiger partial charge in [-0.25, -0.2) is 8.42 Å². The minimum Gasteiger partial charge on any atom is -0.396 e. The molecule has 0 aromatic carbocycles. The van der Waals surface area contributed by atoms with Crippen LogP contribution in [0.2, 0.25) is 0 Å². The third kappa shape index (κ3) is 4.08. The van der Waals surface area contributed by atoms with Crippen LogP contribution in [-0.4, -0.2) is 59.3 Å². The van der Waals surface area contributed by atoms with E-state index in [1.807, 2.05) is 6.92 Å². The second-order valence-electron chi connectivity index (χ2n) is 4.98. The van der Waals surface area contributed by atoms with Crippen molar-refractivity contribution in [3.8, 4) is 0 Å². The maximum absolute atomic E-state index is 12.1. The van der Waals surface area contributed by atoms with Crippen LogP contribution >= 0.6 is 11.3 Å². The fourth-order valence-electron chi connectivity index (χ4n) is 1.77. The van der Waals surface area contributed by atoms with Crippen molar-refractivity contribution in [1.82, 2.24) is 4.90 Å². The number of anilines is 2. The van der Waals surface area contributed by atoms with Crippen LogP contribution in [0.15, 0.2) is 4.90 Å². The number of sulfone groups is 1. The molecule has 1 unspecified atom stereocenters. The lowest BCUT2D eigenvalue weighted by atomic mass is 10.3. The van der Waals surface area contributed by atoms with Gasteiger partial charge in [-0.1, -0.05) is 0 Å². The molecule has 0 aliphatic heterocycles. The topological polar surface area (TPSA) is 102 Å². The Labute approximate surface area is 129 Å². The number of nitrogens with one attached hydrogen (secondary N) is 1. The average molecular weight is 335 g/mol. The first-order valence-electron chi connectivity index (χ1n) is 6.19. The summed E-state index contributed by atoms with van der Waals surface area (Å²) >= 11 is 1.04. The van der Waals surface area contributed by atoms with Gasteiger partial charge >= 0.3 is 0 Å². The number of hydrogen-bond donors (Lipinski definition) is 2. The number of ether oxygens (including phenoxy) is 1. The molecule has 3 N–H and O–H groups in total. The molecule has 0 bridgehead atoms. The molecule has 9 heteroatoms. The zero-order valence-electron chi connectivity index (χ0n) is 12.8. The molecule has 1 rings (SSSR count). The second kappa shape index (κ2) is 6.63. The number of hydrogen-bond acceptors (Lipinski definition) is 7. The standard InChI is InChI=1S/C12H21N3O4S2/c1-7(6-19-4)14-11-10(21(5,17)18)8(13)9(20-11)12(16)15(2)3/h7,14H,6,13H2,1-5H3.